The van der Waals surface area contributed by atoms with Crippen LogP contribution in [0.4, 0.5) is 4.79 Å². The van der Waals surface area contributed by atoms with E-state index in [0.29, 0.717) is 13.1 Å². The highest BCUT2D eigenvalue weighted by Gasteiger charge is 2.58. The zero-order chi connectivity index (χ0) is 19.1. The number of rotatable bonds is 1. The van der Waals surface area contributed by atoms with Crippen molar-refractivity contribution >= 4 is 22.9 Å². The molecule has 1 unspecified atom stereocenters. The van der Waals surface area contributed by atoms with Crippen LogP contribution in [0.2, 0.25) is 0 Å². The number of likely N-dealkylation sites (tertiary alicyclic amines) is 1. The van der Waals surface area contributed by atoms with E-state index in [9.17, 15) is 9.59 Å². The standard InChI is InChI=1S/C13H20ClNO3.C3H9N.C2H6/c1-12(2,3)18-11(17)15-6-4-13(5-7-15)8-9(13)10(14)16;1-4(2)3;1-2/h9H,4-8H2,1-3H3;1-3H3;1-2H3. The largest absolute Gasteiger partial charge is 0.444 e. The fourth-order valence-electron chi connectivity index (χ4n) is 2.68. The normalized spacial score (nSPS) is 21.2. The molecule has 1 atom stereocenters. The molecule has 0 aromatic rings. The summed E-state index contributed by atoms with van der Waals surface area (Å²) >= 11 is 5.54. The summed E-state index contributed by atoms with van der Waals surface area (Å²) < 4.78 is 5.33. The average Bonchev–Trinajstić information content (AvgIpc) is 3.13. The van der Waals surface area contributed by atoms with Crippen molar-refractivity contribution in [3.8, 4) is 0 Å². The van der Waals surface area contributed by atoms with Crippen LogP contribution in [0, 0.1) is 11.3 Å². The summed E-state index contributed by atoms with van der Waals surface area (Å²) in [4.78, 5) is 26.7. The zero-order valence-corrected chi connectivity index (χ0v) is 17.4. The van der Waals surface area contributed by atoms with Crippen LogP contribution in [-0.2, 0) is 9.53 Å². The second-order valence-electron chi connectivity index (χ2n) is 7.73. The van der Waals surface area contributed by atoms with Gasteiger partial charge in [0.25, 0.3) is 0 Å². The Kier molecular flexibility index (Phi) is 9.29. The summed E-state index contributed by atoms with van der Waals surface area (Å²) in [5, 5.41) is -0.222. The van der Waals surface area contributed by atoms with E-state index in [1.165, 1.54) is 0 Å². The van der Waals surface area contributed by atoms with Crippen molar-refractivity contribution < 1.29 is 14.3 Å². The maximum Gasteiger partial charge on any atom is 0.410 e. The maximum absolute atomic E-state index is 11.9. The Morgan fingerprint density at radius 3 is 1.83 bits per heavy atom. The summed E-state index contributed by atoms with van der Waals surface area (Å²) in [6.07, 6.45) is 2.34. The van der Waals surface area contributed by atoms with E-state index < -0.39 is 5.60 Å². The van der Waals surface area contributed by atoms with Crippen LogP contribution in [0.3, 0.4) is 0 Å². The molecule has 0 N–H and O–H groups in total. The van der Waals surface area contributed by atoms with E-state index in [1.807, 2.05) is 60.7 Å². The smallest absolute Gasteiger partial charge is 0.410 e. The summed E-state index contributed by atoms with van der Waals surface area (Å²) in [7, 11) is 6.00. The van der Waals surface area contributed by atoms with Crippen molar-refractivity contribution in [1.82, 2.24) is 9.80 Å². The van der Waals surface area contributed by atoms with Crippen LogP contribution >= 0.6 is 11.6 Å². The highest BCUT2D eigenvalue weighted by molar-refractivity contribution is 6.64. The maximum atomic E-state index is 11.9. The molecule has 24 heavy (non-hydrogen) atoms. The van der Waals surface area contributed by atoms with Gasteiger partial charge in [0.1, 0.15) is 5.60 Å². The van der Waals surface area contributed by atoms with E-state index in [0.717, 1.165) is 19.3 Å². The minimum atomic E-state index is -0.458. The summed E-state index contributed by atoms with van der Waals surface area (Å²) in [5.74, 6) is 0.0138. The molecule has 1 aliphatic carbocycles. The van der Waals surface area contributed by atoms with Crippen LogP contribution < -0.4 is 0 Å². The molecule has 0 radical (unpaired) electrons. The molecule has 1 saturated heterocycles. The first kappa shape index (κ1) is 23.2. The second-order valence-corrected chi connectivity index (χ2v) is 8.10. The third kappa shape index (κ3) is 7.84. The van der Waals surface area contributed by atoms with Crippen LogP contribution in [0.5, 0.6) is 0 Å². The quantitative estimate of drug-likeness (QED) is 0.662. The van der Waals surface area contributed by atoms with Gasteiger partial charge in [-0.15, -0.1) is 0 Å². The highest BCUT2D eigenvalue weighted by Crippen LogP contribution is 2.60. The molecule has 1 spiro atoms. The Hall–Kier alpha value is -0.810. The molecule has 2 rings (SSSR count). The Labute approximate surface area is 152 Å². The van der Waals surface area contributed by atoms with Gasteiger partial charge in [0.05, 0.1) is 0 Å². The SMILES string of the molecule is CC.CC(C)(C)OC(=O)N1CCC2(CC1)CC2C(=O)Cl.CN(C)C. The van der Waals surface area contributed by atoms with Crippen molar-refractivity contribution in [1.29, 1.82) is 0 Å². The van der Waals surface area contributed by atoms with Crippen LogP contribution in [0.25, 0.3) is 0 Å². The molecule has 1 amide bonds. The molecule has 0 bridgehead atoms. The number of carbonyl (C=O) groups excluding carboxylic acids is 2. The van der Waals surface area contributed by atoms with Crippen molar-refractivity contribution in [3.05, 3.63) is 0 Å². The molecule has 1 heterocycles. The van der Waals surface area contributed by atoms with E-state index in [2.05, 4.69) is 0 Å². The zero-order valence-electron chi connectivity index (χ0n) is 16.6. The third-order valence-electron chi connectivity index (χ3n) is 3.87. The molecule has 1 saturated carbocycles. The number of ether oxygens (including phenoxy) is 1. The predicted molar refractivity (Wildman–Crippen MR) is 99.4 cm³/mol. The first-order valence-corrected chi connectivity index (χ1v) is 9.13. The second kappa shape index (κ2) is 9.62. The Bertz CT molecular complexity index is 408. The van der Waals surface area contributed by atoms with Crippen LogP contribution in [0.1, 0.15) is 53.9 Å². The first-order valence-electron chi connectivity index (χ1n) is 8.75. The van der Waals surface area contributed by atoms with Crippen molar-refractivity contribution in [2.24, 2.45) is 11.3 Å². The van der Waals surface area contributed by atoms with Gasteiger partial charge in [-0.05, 0) is 78.2 Å². The fourth-order valence-corrected chi connectivity index (χ4v) is 2.99. The first-order chi connectivity index (χ1) is 11.0. The van der Waals surface area contributed by atoms with Gasteiger partial charge in [0, 0.05) is 19.0 Å². The lowest BCUT2D eigenvalue weighted by molar-refractivity contribution is -0.113. The number of hydrogen-bond donors (Lipinski definition) is 0. The molecular weight excluding hydrogens is 328 g/mol. The van der Waals surface area contributed by atoms with Crippen molar-refractivity contribution in [3.63, 3.8) is 0 Å². The molecule has 6 heteroatoms. The Morgan fingerprint density at radius 1 is 1.12 bits per heavy atom. The Morgan fingerprint density at radius 2 is 1.54 bits per heavy atom. The summed E-state index contributed by atoms with van der Waals surface area (Å²) in [6, 6.07) is 0. The molecular formula is C18H35ClN2O3. The molecule has 0 aromatic heterocycles. The summed E-state index contributed by atoms with van der Waals surface area (Å²) in [6.45, 7) is 10.9. The molecule has 5 nitrogen and oxygen atoms in total. The molecule has 2 aliphatic rings. The number of piperidine rings is 1. The van der Waals surface area contributed by atoms with Crippen LogP contribution in [0.15, 0.2) is 0 Å². The monoisotopic (exact) mass is 362 g/mol. The number of carbonyl (C=O) groups is 2. The number of amides is 1. The van der Waals surface area contributed by atoms with Gasteiger partial charge in [0.2, 0.25) is 5.24 Å². The average molecular weight is 363 g/mol. The van der Waals surface area contributed by atoms with Crippen LogP contribution in [-0.4, -0.2) is 61.0 Å². The third-order valence-corrected chi connectivity index (χ3v) is 4.14. The summed E-state index contributed by atoms with van der Waals surface area (Å²) in [5.41, 5.74) is -0.377. The van der Waals surface area contributed by atoms with E-state index in [1.54, 1.807) is 4.90 Å². The number of halogens is 1. The van der Waals surface area contributed by atoms with Crippen molar-refractivity contribution in [2.45, 2.75) is 59.5 Å². The van der Waals surface area contributed by atoms with E-state index in [4.69, 9.17) is 16.3 Å². The molecule has 0 aromatic carbocycles. The molecule has 1 aliphatic heterocycles. The fraction of sp³-hybridized carbons (Fsp3) is 0.889. The van der Waals surface area contributed by atoms with E-state index >= 15 is 0 Å². The van der Waals surface area contributed by atoms with Gasteiger partial charge in [-0.25, -0.2) is 4.79 Å². The highest BCUT2D eigenvalue weighted by atomic mass is 35.5. The van der Waals surface area contributed by atoms with Gasteiger partial charge in [-0.3, -0.25) is 4.79 Å². The van der Waals surface area contributed by atoms with Gasteiger partial charge < -0.3 is 14.5 Å². The lowest BCUT2D eigenvalue weighted by Crippen LogP contribution is -2.42. The lowest BCUT2D eigenvalue weighted by atomic mass is 9.91. The minimum Gasteiger partial charge on any atom is -0.444 e. The lowest BCUT2D eigenvalue weighted by Gasteiger charge is -2.34. The van der Waals surface area contributed by atoms with Gasteiger partial charge in [-0.2, -0.15) is 0 Å². The van der Waals surface area contributed by atoms with Crippen molar-refractivity contribution in [2.75, 3.05) is 34.2 Å². The minimum absolute atomic E-state index is 0.0138. The number of nitrogens with zero attached hydrogens (tertiary/aromatic N) is 2. The van der Waals surface area contributed by atoms with Gasteiger partial charge in [-0.1, -0.05) is 13.8 Å². The van der Waals surface area contributed by atoms with Gasteiger partial charge in [0.15, 0.2) is 0 Å². The molecule has 2 fully saturated rings. The Balaban J connectivity index is 0.000000773. The van der Waals surface area contributed by atoms with Gasteiger partial charge >= 0.3 is 6.09 Å². The van der Waals surface area contributed by atoms with E-state index in [-0.39, 0.29) is 22.7 Å². The number of hydrogen-bond acceptors (Lipinski definition) is 4. The predicted octanol–water partition coefficient (Wildman–Crippen LogP) is 3.99. The topological polar surface area (TPSA) is 49.9 Å². The molecule has 142 valence electrons.